The number of Topliss-reactive ketones (excluding diaryl/α,β-unsaturated/α-hetero) is 1. The molecule has 1 fully saturated rings. The number of thioether (sulfide) groups is 1. The number of unbranched alkanes of at least 4 members (excludes halogenated alkanes) is 1. The molecule has 0 radical (unpaired) electrons. The van der Waals surface area contributed by atoms with Crippen LogP contribution in [0, 0.1) is 0 Å². The lowest BCUT2D eigenvalue weighted by molar-refractivity contribution is -0.124. The third-order valence-corrected chi connectivity index (χ3v) is 6.45. The van der Waals surface area contributed by atoms with Crippen molar-refractivity contribution in [2.45, 2.75) is 51.0 Å². The minimum atomic E-state index is -0.694. The fourth-order valence-corrected chi connectivity index (χ4v) is 4.66. The Morgan fingerprint density at radius 2 is 1.88 bits per heavy atom. The number of amides is 1. The molecule has 1 heterocycles. The van der Waals surface area contributed by atoms with Gasteiger partial charge in [-0.1, -0.05) is 54.2 Å². The molecule has 0 saturated carbocycles. The molecule has 6 nitrogen and oxygen atoms in total. The summed E-state index contributed by atoms with van der Waals surface area (Å²) in [4.78, 5) is 26.7. The molecule has 1 amide bonds. The van der Waals surface area contributed by atoms with Gasteiger partial charge in [0.15, 0.2) is 5.78 Å². The lowest BCUT2D eigenvalue weighted by Crippen LogP contribution is -2.40. The molecular formula is C25H31NO5S. The molecule has 2 aromatic carbocycles. The van der Waals surface area contributed by atoms with Gasteiger partial charge in [0.1, 0.15) is 11.8 Å². The minimum absolute atomic E-state index is 0.0719. The first kappa shape index (κ1) is 24.3. The Hall–Kier alpha value is -2.35. The van der Waals surface area contributed by atoms with Crippen molar-refractivity contribution in [2.75, 3.05) is 19.5 Å². The molecule has 1 N–H and O–H groups in total. The Kier molecular flexibility index (Phi) is 9.59. The Balaban J connectivity index is 1.37. The van der Waals surface area contributed by atoms with Crippen LogP contribution in [0.5, 0.6) is 5.75 Å². The molecule has 7 heteroatoms. The Morgan fingerprint density at radius 3 is 2.59 bits per heavy atom. The van der Waals surface area contributed by atoms with E-state index in [1.807, 2.05) is 54.6 Å². The van der Waals surface area contributed by atoms with Crippen LogP contribution in [0.2, 0.25) is 0 Å². The van der Waals surface area contributed by atoms with E-state index >= 15 is 0 Å². The number of carbonyl (C=O) groups is 2. The summed E-state index contributed by atoms with van der Waals surface area (Å²) in [5, 5.41) is 10.2. The average Bonchev–Trinajstić information content (AvgIpc) is 3.17. The van der Waals surface area contributed by atoms with E-state index in [0.29, 0.717) is 31.9 Å². The molecule has 32 heavy (non-hydrogen) atoms. The number of aliphatic hydroxyl groups is 1. The van der Waals surface area contributed by atoms with Gasteiger partial charge >= 0.3 is 0 Å². The maximum Gasteiger partial charge on any atom is 0.282 e. The summed E-state index contributed by atoms with van der Waals surface area (Å²) in [6.07, 6.45) is 1.55. The van der Waals surface area contributed by atoms with E-state index in [4.69, 9.17) is 9.47 Å². The Morgan fingerprint density at radius 1 is 1.12 bits per heavy atom. The van der Waals surface area contributed by atoms with E-state index in [0.717, 1.165) is 41.5 Å². The van der Waals surface area contributed by atoms with E-state index in [-0.39, 0.29) is 17.4 Å². The van der Waals surface area contributed by atoms with Crippen LogP contribution in [0.1, 0.15) is 36.8 Å². The highest BCUT2D eigenvalue weighted by molar-refractivity contribution is 8.13. The van der Waals surface area contributed by atoms with Gasteiger partial charge in [0.25, 0.3) is 5.24 Å². The SMILES string of the molecule is COc1ccc(CN2C(=O)SCC2C(=O)C[C@H](O)CCCCOCc2ccccc2)cc1. The number of hydrogen-bond donors (Lipinski definition) is 1. The van der Waals surface area contributed by atoms with Crippen LogP contribution in [0.3, 0.4) is 0 Å². The Labute approximate surface area is 193 Å². The van der Waals surface area contributed by atoms with Crippen molar-refractivity contribution in [1.29, 1.82) is 0 Å². The summed E-state index contributed by atoms with van der Waals surface area (Å²) < 4.78 is 10.8. The highest BCUT2D eigenvalue weighted by Crippen LogP contribution is 2.28. The first-order valence-corrected chi connectivity index (χ1v) is 11.9. The van der Waals surface area contributed by atoms with Crippen LogP contribution in [0.25, 0.3) is 0 Å². The fraction of sp³-hybridized carbons (Fsp3) is 0.440. The maximum atomic E-state index is 12.8. The van der Waals surface area contributed by atoms with Crippen LogP contribution in [-0.2, 0) is 22.7 Å². The molecule has 0 spiro atoms. The molecule has 1 saturated heterocycles. The van der Waals surface area contributed by atoms with Gasteiger partial charge in [0, 0.05) is 25.3 Å². The average molecular weight is 458 g/mol. The zero-order valence-electron chi connectivity index (χ0n) is 18.4. The van der Waals surface area contributed by atoms with Gasteiger partial charge in [0.2, 0.25) is 0 Å². The highest BCUT2D eigenvalue weighted by atomic mass is 32.2. The number of aliphatic hydroxyl groups excluding tert-OH is 1. The van der Waals surface area contributed by atoms with Gasteiger partial charge < -0.3 is 19.5 Å². The molecule has 0 aliphatic carbocycles. The predicted octanol–water partition coefficient (Wildman–Crippen LogP) is 4.44. The number of methoxy groups -OCH3 is 1. The summed E-state index contributed by atoms with van der Waals surface area (Å²) >= 11 is 1.16. The standard InChI is InChI=1S/C25H31NO5S/c1-30-22-12-10-19(11-13-22)16-26-23(18-32-25(26)29)24(28)15-21(27)9-5-6-14-31-17-20-7-3-2-4-8-20/h2-4,7-8,10-13,21,23,27H,5-6,9,14-18H2,1H3/t21-,23?/m1/s1. The van der Waals surface area contributed by atoms with Crippen molar-refractivity contribution >= 4 is 22.8 Å². The van der Waals surface area contributed by atoms with Gasteiger partial charge in [-0.3, -0.25) is 9.59 Å². The van der Waals surface area contributed by atoms with Crippen molar-refractivity contribution in [3.05, 3.63) is 65.7 Å². The monoisotopic (exact) mass is 457 g/mol. The normalized spacial score (nSPS) is 16.9. The van der Waals surface area contributed by atoms with Gasteiger partial charge in [-0.15, -0.1) is 0 Å². The zero-order chi connectivity index (χ0) is 22.8. The number of benzene rings is 2. The van der Waals surface area contributed by atoms with Crippen molar-refractivity contribution in [2.24, 2.45) is 0 Å². The number of nitrogens with zero attached hydrogens (tertiary/aromatic N) is 1. The van der Waals surface area contributed by atoms with Crippen LogP contribution in [0.15, 0.2) is 54.6 Å². The van der Waals surface area contributed by atoms with Gasteiger partial charge in [-0.05, 0) is 42.5 Å². The largest absolute Gasteiger partial charge is 0.497 e. The van der Waals surface area contributed by atoms with Crippen LogP contribution >= 0.6 is 11.8 Å². The van der Waals surface area contributed by atoms with E-state index in [1.54, 1.807) is 12.0 Å². The molecular weight excluding hydrogens is 426 g/mol. The van der Waals surface area contributed by atoms with Crippen LogP contribution < -0.4 is 4.74 Å². The molecule has 2 atom stereocenters. The summed E-state index contributed by atoms with van der Waals surface area (Å²) in [6.45, 7) is 1.58. The maximum absolute atomic E-state index is 12.8. The first-order chi connectivity index (χ1) is 15.6. The van der Waals surface area contributed by atoms with Crippen molar-refractivity contribution in [1.82, 2.24) is 4.90 Å². The number of ether oxygens (including phenoxy) is 2. The summed E-state index contributed by atoms with van der Waals surface area (Å²) in [5.41, 5.74) is 2.08. The topological polar surface area (TPSA) is 76.1 Å². The number of carbonyl (C=O) groups excluding carboxylic acids is 2. The highest BCUT2D eigenvalue weighted by Gasteiger charge is 2.37. The fourth-order valence-electron chi connectivity index (χ4n) is 3.64. The second-order valence-corrected chi connectivity index (χ2v) is 8.90. The van der Waals surface area contributed by atoms with Gasteiger partial charge in [0.05, 0.1) is 19.8 Å². The minimum Gasteiger partial charge on any atom is -0.497 e. The molecule has 172 valence electrons. The molecule has 1 aliphatic rings. The molecule has 1 aliphatic heterocycles. The third kappa shape index (κ3) is 7.36. The first-order valence-electron chi connectivity index (χ1n) is 11.0. The summed E-state index contributed by atoms with van der Waals surface area (Å²) in [5.74, 6) is 1.11. The summed E-state index contributed by atoms with van der Waals surface area (Å²) in [7, 11) is 1.60. The Bertz CT molecular complexity index is 858. The van der Waals surface area contributed by atoms with E-state index < -0.39 is 12.1 Å². The molecule has 0 aromatic heterocycles. The van der Waals surface area contributed by atoms with E-state index in [2.05, 4.69) is 0 Å². The lowest BCUT2D eigenvalue weighted by atomic mass is 10.0. The quantitative estimate of drug-likeness (QED) is 0.448. The number of rotatable bonds is 13. The van der Waals surface area contributed by atoms with Crippen LogP contribution in [0.4, 0.5) is 4.79 Å². The van der Waals surface area contributed by atoms with Crippen molar-refractivity contribution in [3.8, 4) is 5.75 Å². The van der Waals surface area contributed by atoms with Crippen LogP contribution in [-0.4, -0.2) is 52.6 Å². The second-order valence-electron chi connectivity index (χ2n) is 7.93. The smallest absolute Gasteiger partial charge is 0.282 e. The van der Waals surface area contributed by atoms with Gasteiger partial charge in [-0.2, -0.15) is 0 Å². The van der Waals surface area contributed by atoms with Crippen molar-refractivity contribution < 1.29 is 24.2 Å². The molecule has 2 aromatic rings. The van der Waals surface area contributed by atoms with E-state index in [9.17, 15) is 14.7 Å². The third-order valence-electron chi connectivity index (χ3n) is 5.48. The molecule has 0 bridgehead atoms. The number of hydrogen-bond acceptors (Lipinski definition) is 6. The van der Waals surface area contributed by atoms with Crippen molar-refractivity contribution in [3.63, 3.8) is 0 Å². The summed E-state index contributed by atoms with van der Waals surface area (Å²) in [6, 6.07) is 17.0. The molecule has 3 rings (SSSR count). The molecule has 1 unspecified atom stereocenters. The zero-order valence-corrected chi connectivity index (χ0v) is 19.3. The lowest BCUT2D eigenvalue weighted by Gasteiger charge is -2.24. The number of ketones is 1. The van der Waals surface area contributed by atoms with Gasteiger partial charge in [-0.25, -0.2) is 0 Å². The second kappa shape index (κ2) is 12.6. The van der Waals surface area contributed by atoms with E-state index in [1.165, 1.54) is 0 Å². The predicted molar refractivity (Wildman–Crippen MR) is 126 cm³/mol.